The van der Waals surface area contributed by atoms with Gasteiger partial charge in [0, 0.05) is 17.6 Å². The number of hydrogen-bond donors (Lipinski definition) is 2. The molecular weight excluding hydrogens is 344 g/mol. The van der Waals surface area contributed by atoms with E-state index in [1.165, 1.54) is 32.1 Å². The van der Waals surface area contributed by atoms with Crippen molar-refractivity contribution in [2.75, 3.05) is 10.6 Å². The molecule has 1 aromatic heterocycles. The van der Waals surface area contributed by atoms with E-state index in [-0.39, 0.29) is 0 Å². The van der Waals surface area contributed by atoms with E-state index in [2.05, 4.69) is 10.6 Å². The standard InChI is InChI=1S/C21H23ClN4/c22-16-12-10-15(11-13-16)14-23-20-21(24-17-6-2-1-3-7-17)26-19-9-5-4-8-18(19)25-20/h4-5,8-13,17H,1-3,6-7,14H2,(H,23,25)(H,24,26). The molecule has 0 saturated heterocycles. The highest BCUT2D eigenvalue weighted by molar-refractivity contribution is 6.30. The normalized spacial score (nSPS) is 15.1. The lowest BCUT2D eigenvalue weighted by molar-refractivity contribution is 0.462. The lowest BCUT2D eigenvalue weighted by Crippen LogP contribution is -2.24. The maximum Gasteiger partial charge on any atom is 0.170 e. The fourth-order valence-corrected chi connectivity index (χ4v) is 3.58. The number of anilines is 2. The molecule has 134 valence electrons. The number of nitrogens with zero attached hydrogens (tertiary/aromatic N) is 2. The quantitative estimate of drug-likeness (QED) is 0.613. The van der Waals surface area contributed by atoms with Gasteiger partial charge in [0.15, 0.2) is 11.6 Å². The molecule has 0 amide bonds. The van der Waals surface area contributed by atoms with Crippen molar-refractivity contribution in [1.82, 2.24) is 9.97 Å². The highest BCUT2D eigenvalue weighted by atomic mass is 35.5. The minimum atomic E-state index is 0.482. The van der Waals surface area contributed by atoms with Crippen LogP contribution in [0.15, 0.2) is 48.5 Å². The third kappa shape index (κ3) is 4.07. The fraction of sp³-hybridized carbons (Fsp3) is 0.333. The Kier molecular flexibility index (Phi) is 5.21. The monoisotopic (exact) mass is 366 g/mol. The fourth-order valence-electron chi connectivity index (χ4n) is 3.45. The summed E-state index contributed by atoms with van der Waals surface area (Å²) in [5.41, 5.74) is 2.98. The highest BCUT2D eigenvalue weighted by Crippen LogP contribution is 2.26. The molecule has 5 heteroatoms. The summed E-state index contributed by atoms with van der Waals surface area (Å²) in [6, 6.07) is 16.4. The summed E-state index contributed by atoms with van der Waals surface area (Å²) in [5.74, 6) is 1.66. The lowest BCUT2D eigenvalue weighted by Gasteiger charge is -2.24. The van der Waals surface area contributed by atoms with Gasteiger partial charge < -0.3 is 10.6 Å². The Morgan fingerprint density at radius 3 is 2.19 bits per heavy atom. The van der Waals surface area contributed by atoms with Crippen molar-refractivity contribution in [3.05, 3.63) is 59.1 Å². The molecule has 26 heavy (non-hydrogen) atoms. The van der Waals surface area contributed by atoms with Crippen LogP contribution in [-0.2, 0) is 6.54 Å². The van der Waals surface area contributed by atoms with Crippen LogP contribution in [0.5, 0.6) is 0 Å². The second kappa shape index (κ2) is 7.92. The number of fused-ring (bicyclic) bond motifs is 1. The Bertz CT molecular complexity index is 873. The summed E-state index contributed by atoms with van der Waals surface area (Å²) in [7, 11) is 0. The van der Waals surface area contributed by atoms with Crippen molar-refractivity contribution in [3.63, 3.8) is 0 Å². The van der Waals surface area contributed by atoms with Crippen LogP contribution in [0.2, 0.25) is 5.02 Å². The van der Waals surface area contributed by atoms with E-state index >= 15 is 0 Å². The molecule has 0 aliphatic heterocycles. The first-order chi connectivity index (χ1) is 12.8. The average Bonchev–Trinajstić information content (AvgIpc) is 2.68. The van der Waals surface area contributed by atoms with Crippen molar-refractivity contribution in [2.24, 2.45) is 0 Å². The van der Waals surface area contributed by atoms with Crippen molar-refractivity contribution in [3.8, 4) is 0 Å². The van der Waals surface area contributed by atoms with Gasteiger partial charge in [-0.15, -0.1) is 0 Å². The molecule has 0 unspecified atom stereocenters. The first-order valence-corrected chi connectivity index (χ1v) is 9.67. The van der Waals surface area contributed by atoms with Crippen molar-refractivity contribution >= 4 is 34.3 Å². The van der Waals surface area contributed by atoms with Crippen LogP contribution in [0, 0.1) is 0 Å². The first kappa shape index (κ1) is 17.1. The summed E-state index contributed by atoms with van der Waals surface area (Å²) in [6.07, 6.45) is 6.30. The SMILES string of the molecule is Clc1ccc(CNc2nc3ccccc3nc2NC2CCCCC2)cc1. The number of benzene rings is 2. The van der Waals surface area contributed by atoms with Crippen LogP contribution in [0.3, 0.4) is 0 Å². The Morgan fingerprint density at radius 2 is 1.50 bits per heavy atom. The number of hydrogen-bond acceptors (Lipinski definition) is 4. The van der Waals surface area contributed by atoms with Crippen molar-refractivity contribution in [2.45, 2.75) is 44.7 Å². The van der Waals surface area contributed by atoms with Gasteiger partial charge in [0.05, 0.1) is 11.0 Å². The summed E-state index contributed by atoms with van der Waals surface area (Å²) in [5, 5.41) is 7.83. The van der Waals surface area contributed by atoms with Gasteiger partial charge in [-0.3, -0.25) is 0 Å². The summed E-state index contributed by atoms with van der Waals surface area (Å²) < 4.78 is 0. The minimum Gasteiger partial charge on any atom is -0.364 e. The second-order valence-corrected chi connectivity index (χ2v) is 7.31. The molecule has 1 aliphatic carbocycles. The third-order valence-electron chi connectivity index (χ3n) is 4.89. The lowest BCUT2D eigenvalue weighted by atomic mass is 9.95. The molecule has 0 spiro atoms. The van der Waals surface area contributed by atoms with E-state index in [1.54, 1.807) is 0 Å². The van der Waals surface area contributed by atoms with Gasteiger partial charge in [0.1, 0.15) is 0 Å². The maximum absolute atomic E-state index is 5.98. The molecule has 3 aromatic rings. The molecule has 1 fully saturated rings. The van der Waals surface area contributed by atoms with Crippen molar-refractivity contribution < 1.29 is 0 Å². The van der Waals surface area contributed by atoms with Crippen LogP contribution in [0.4, 0.5) is 11.6 Å². The number of aromatic nitrogens is 2. The molecule has 0 radical (unpaired) electrons. The smallest absolute Gasteiger partial charge is 0.170 e. The summed E-state index contributed by atoms with van der Waals surface area (Å²) in [6.45, 7) is 0.684. The Morgan fingerprint density at radius 1 is 0.846 bits per heavy atom. The molecule has 0 bridgehead atoms. The van der Waals surface area contributed by atoms with E-state index in [0.29, 0.717) is 12.6 Å². The van der Waals surface area contributed by atoms with Gasteiger partial charge in [-0.1, -0.05) is 55.1 Å². The van der Waals surface area contributed by atoms with Crippen LogP contribution in [0.1, 0.15) is 37.7 Å². The van der Waals surface area contributed by atoms with Crippen molar-refractivity contribution in [1.29, 1.82) is 0 Å². The average molecular weight is 367 g/mol. The van der Waals surface area contributed by atoms with Crippen LogP contribution < -0.4 is 10.6 Å². The summed E-state index contributed by atoms with van der Waals surface area (Å²) >= 11 is 5.98. The maximum atomic E-state index is 5.98. The number of para-hydroxylation sites is 2. The van der Waals surface area contributed by atoms with Crippen LogP contribution in [0.25, 0.3) is 11.0 Å². The highest BCUT2D eigenvalue weighted by Gasteiger charge is 2.17. The molecule has 0 atom stereocenters. The number of rotatable bonds is 5. The van der Waals surface area contributed by atoms with E-state index in [1.807, 2.05) is 48.5 Å². The van der Waals surface area contributed by atoms with Gasteiger partial charge in [-0.05, 0) is 42.7 Å². The molecule has 2 aromatic carbocycles. The zero-order valence-electron chi connectivity index (χ0n) is 14.7. The summed E-state index contributed by atoms with van der Waals surface area (Å²) in [4.78, 5) is 9.65. The van der Waals surface area contributed by atoms with Gasteiger partial charge >= 0.3 is 0 Å². The molecule has 2 N–H and O–H groups in total. The zero-order chi connectivity index (χ0) is 17.8. The number of halogens is 1. The Balaban J connectivity index is 1.59. The Labute approximate surface area is 159 Å². The second-order valence-electron chi connectivity index (χ2n) is 6.87. The molecule has 4 rings (SSSR count). The van der Waals surface area contributed by atoms with Gasteiger partial charge in [0.2, 0.25) is 0 Å². The first-order valence-electron chi connectivity index (χ1n) is 9.29. The third-order valence-corrected chi connectivity index (χ3v) is 5.14. The van der Waals surface area contributed by atoms with E-state index in [4.69, 9.17) is 21.6 Å². The van der Waals surface area contributed by atoms with Crippen LogP contribution in [-0.4, -0.2) is 16.0 Å². The van der Waals surface area contributed by atoms with E-state index in [0.717, 1.165) is 33.3 Å². The van der Waals surface area contributed by atoms with E-state index < -0.39 is 0 Å². The topological polar surface area (TPSA) is 49.8 Å². The zero-order valence-corrected chi connectivity index (χ0v) is 15.5. The van der Waals surface area contributed by atoms with Gasteiger partial charge in [0.25, 0.3) is 0 Å². The van der Waals surface area contributed by atoms with Crippen LogP contribution >= 0.6 is 11.6 Å². The predicted molar refractivity (Wildman–Crippen MR) is 109 cm³/mol. The van der Waals surface area contributed by atoms with Gasteiger partial charge in [-0.25, -0.2) is 9.97 Å². The molecular formula is C21H23ClN4. The molecule has 1 aliphatic rings. The largest absolute Gasteiger partial charge is 0.364 e. The molecule has 4 nitrogen and oxygen atoms in total. The molecule has 1 heterocycles. The predicted octanol–water partition coefficient (Wildman–Crippen LogP) is 5.64. The van der Waals surface area contributed by atoms with E-state index in [9.17, 15) is 0 Å². The number of nitrogens with one attached hydrogen (secondary N) is 2. The minimum absolute atomic E-state index is 0.482. The Hall–Kier alpha value is -2.33. The molecule has 1 saturated carbocycles. The van der Waals surface area contributed by atoms with Gasteiger partial charge in [-0.2, -0.15) is 0 Å².